The average molecular weight is 345 g/mol. The van der Waals surface area contributed by atoms with E-state index in [-0.39, 0.29) is 5.78 Å². The van der Waals surface area contributed by atoms with Gasteiger partial charge in [-0.3, -0.25) is 4.79 Å². The van der Waals surface area contributed by atoms with E-state index in [1.807, 2.05) is 30.3 Å². The number of ketones is 2. The van der Waals surface area contributed by atoms with Crippen molar-refractivity contribution in [2.75, 3.05) is 0 Å². The Kier molecular flexibility index (Phi) is 12.8. The average Bonchev–Trinajstić information content (AvgIpc) is 2.62. The second kappa shape index (κ2) is 14.9. The zero-order chi connectivity index (χ0) is 18.2. The second-order valence-corrected chi connectivity index (χ2v) is 7.23. The Balaban J connectivity index is 1.80. The molecule has 0 unspecified atom stereocenters. The first kappa shape index (κ1) is 21.6. The largest absolute Gasteiger partial charge is 0.300 e. The first-order valence-electron chi connectivity index (χ1n) is 10.3. The molecule has 0 aromatic heterocycles. The quantitative estimate of drug-likeness (QED) is 0.241. The molecule has 0 atom stereocenters. The molecule has 1 aromatic rings. The number of benzene rings is 1. The molecular weight excluding hydrogens is 308 g/mol. The molecule has 2 heteroatoms. The molecule has 1 rings (SSSR count). The zero-order valence-electron chi connectivity index (χ0n) is 16.1. The smallest absolute Gasteiger partial charge is 0.162 e. The van der Waals surface area contributed by atoms with E-state index in [0.717, 1.165) is 24.8 Å². The third kappa shape index (κ3) is 12.6. The maximum Gasteiger partial charge on any atom is 0.162 e. The lowest BCUT2D eigenvalue weighted by molar-refractivity contribution is -0.117. The minimum absolute atomic E-state index is 0.281. The van der Waals surface area contributed by atoms with Crippen LogP contribution in [0.25, 0.3) is 0 Å². The third-order valence-corrected chi connectivity index (χ3v) is 4.78. The lowest BCUT2D eigenvalue weighted by atomic mass is 10.0. The third-order valence-electron chi connectivity index (χ3n) is 4.78. The molecule has 1 aromatic carbocycles. The summed E-state index contributed by atoms with van der Waals surface area (Å²) < 4.78 is 0. The van der Waals surface area contributed by atoms with Gasteiger partial charge in [-0.1, -0.05) is 94.5 Å². The lowest BCUT2D eigenvalue weighted by Gasteiger charge is -2.03. The van der Waals surface area contributed by atoms with Gasteiger partial charge in [0.05, 0.1) is 0 Å². The maximum absolute atomic E-state index is 12.0. The molecule has 0 aliphatic rings. The van der Waals surface area contributed by atoms with Crippen LogP contribution in [0.3, 0.4) is 0 Å². The first-order chi connectivity index (χ1) is 12.2. The summed E-state index contributed by atoms with van der Waals surface area (Å²) in [5.41, 5.74) is 0.851. The van der Waals surface area contributed by atoms with Crippen LogP contribution in [-0.4, -0.2) is 11.6 Å². The Morgan fingerprint density at radius 2 is 1.00 bits per heavy atom. The van der Waals surface area contributed by atoms with Gasteiger partial charge in [0.25, 0.3) is 0 Å². The van der Waals surface area contributed by atoms with Crippen molar-refractivity contribution in [2.24, 2.45) is 0 Å². The van der Waals surface area contributed by atoms with Crippen LogP contribution in [0.4, 0.5) is 0 Å². The van der Waals surface area contributed by atoms with E-state index in [9.17, 15) is 9.59 Å². The fraction of sp³-hybridized carbons (Fsp3) is 0.652. The van der Waals surface area contributed by atoms with E-state index >= 15 is 0 Å². The standard InChI is InChI=1S/C23H36O2/c1-21(24)17-13-10-8-6-4-2-3-5-7-9-11-16-20-23(25)22-18-14-12-15-19-22/h12,14-15,18-19H,2-11,13,16-17,20H2,1H3. The van der Waals surface area contributed by atoms with Crippen molar-refractivity contribution in [3.63, 3.8) is 0 Å². The number of hydrogen-bond acceptors (Lipinski definition) is 2. The predicted octanol–water partition coefficient (Wildman–Crippen LogP) is 6.92. The maximum atomic E-state index is 12.0. The Bertz CT molecular complexity index is 464. The van der Waals surface area contributed by atoms with Crippen molar-refractivity contribution in [3.05, 3.63) is 35.9 Å². The fourth-order valence-electron chi connectivity index (χ4n) is 3.20. The minimum atomic E-state index is 0.281. The number of carbonyl (C=O) groups is 2. The van der Waals surface area contributed by atoms with Gasteiger partial charge in [0.2, 0.25) is 0 Å². The number of hydrogen-bond donors (Lipinski definition) is 0. The van der Waals surface area contributed by atoms with Crippen LogP contribution in [-0.2, 0) is 4.79 Å². The van der Waals surface area contributed by atoms with E-state index in [0.29, 0.717) is 12.2 Å². The molecule has 0 heterocycles. The highest BCUT2D eigenvalue weighted by molar-refractivity contribution is 5.95. The first-order valence-corrected chi connectivity index (χ1v) is 10.3. The Morgan fingerprint density at radius 3 is 1.44 bits per heavy atom. The molecule has 0 amide bonds. The van der Waals surface area contributed by atoms with Gasteiger partial charge >= 0.3 is 0 Å². The van der Waals surface area contributed by atoms with E-state index < -0.39 is 0 Å². The molecule has 0 spiro atoms. The summed E-state index contributed by atoms with van der Waals surface area (Å²) in [6, 6.07) is 9.63. The van der Waals surface area contributed by atoms with E-state index in [4.69, 9.17) is 0 Å². The van der Waals surface area contributed by atoms with Gasteiger partial charge in [-0.25, -0.2) is 0 Å². The summed E-state index contributed by atoms with van der Waals surface area (Å²) in [5.74, 6) is 0.605. The van der Waals surface area contributed by atoms with Crippen LogP contribution >= 0.6 is 0 Å². The van der Waals surface area contributed by atoms with Crippen molar-refractivity contribution >= 4 is 11.6 Å². The van der Waals surface area contributed by atoms with Crippen molar-refractivity contribution in [2.45, 2.75) is 96.8 Å². The van der Waals surface area contributed by atoms with Crippen LogP contribution in [0.15, 0.2) is 30.3 Å². The van der Waals surface area contributed by atoms with Gasteiger partial charge in [0.1, 0.15) is 5.78 Å². The number of Topliss-reactive ketones (excluding diaryl/α,β-unsaturated/α-hetero) is 2. The molecule has 0 fully saturated rings. The molecule has 0 bridgehead atoms. The zero-order valence-corrected chi connectivity index (χ0v) is 16.1. The normalized spacial score (nSPS) is 10.8. The number of unbranched alkanes of at least 4 members (excludes halogenated alkanes) is 11. The van der Waals surface area contributed by atoms with Crippen LogP contribution in [0.1, 0.15) is 107 Å². The fourth-order valence-corrected chi connectivity index (χ4v) is 3.20. The minimum Gasteiger partial charge on any atom is -0.300 e. The molecular formula is C23H36O2. The lowest BCUT2D eigenvalue weighted by Crippen LogP contribution is -1.98. The highest BCUT2D eigenvalue weighted by atomic mass is 16.1. The molecule has 0 aliphatic carbocycles. The van der Waals surface area contributed by atoms with E-state index in [1.54, 1.807) is 6.92 Å². The molecule has 0 radical (unpaired) electrons. The highest BCUT2D eigenvalue weighted by Crippen LogP contribution is 2.14. The van der Waals surface area contributed by atoms with E-state index in [2.05, 4.69) is 0 Å². The van der Waals surface area contributed by atoms with Crippen LogP contribution < -0.4 is 0 Å². The molecule has 0 N–H and O–H groups in total. The van der Waals surface area contributed by atoms with Crippen LogP contribution in [0.2, 0.25) is 0 Å². The Hall–Kier alpha value is -1.44. The van der Waals surface area contributed by atoms with Crippen molar-refractivity contribution in [3.8, 4) is 0 Å². The SMILES string of the molecule is CC(=O)CCCCCCCCCCCCCCC(=O)c1ccccc1. The second-order valence-electron chi connectivity index (χ2n) is 7.23. The van der Waals surface area contributed by atoms with Gasteiger partial charge in [0.15, 0.2) is 5.78 Å². The molecule has 0 saturated carbocycles. The van der Waals surface area contributed by atoms with Gasteiger partial charge in [0, 0.05) is 18.4 Å². The number of carbonyl (C=O) groups excluding carboxylic acids is 2. The van der Waals surface area contributed by atoms with Gasteiger partial charge in [-0.2, -0.15) is 0 Å². The molecule has 140 valence electrons. The van der Waals surface area contributed by atoms with Gasteiger partial charge < -0.3 is 4.79 Å². The topological polar surface area (TPSA) is 34.1 Å². The van der Waals surface area contributed by atoms with Crippen molar-refractivity contribution in [1.82, 2.24) is 0 Å². The van der Waals surface area contributed by atoms with Crippen molar-refractivity contribution < 1.29 is 9.59 Å². The molecule has 25 heavy (non-hydrogen) atoms. The van der Waals surface area contributed by atoms with Crippen molar-refractivity contribution in [1.29, 1.82) is 0 Å². The Morgan fingerprint density at radius 1 is 0.600 bits per heavy atom. The Labute approximate surface area is 154 Å². The monoisotopic (exact) mass is 344 g/mol. The molecule has 2 nitrogen and oxygen atoms in total. The number of rotatable bonds is 16. The summed E-state index contributed by atoms with van der Waals surface area (Å²) >= 11 is 0. The molecule has 0 aliphatic heterocycles. The van der Waals surface area contributed by atoms with E-state index in [1.165, 1.54) is 64.2 Å². The summed E-state index contributed by atoms with van der Waals surface area (Å²) in [5, 5.41) is 0. The van der Waals surface area contributed by atoms with Crippen LogP contribution in [0.5, 0.6) is 0 Å². The van der Waals surface area contributed by atoms with Gasteiger partial charge in [-0.05, 0) is 19.8 Å². The summed E-state index contributed by atoms with van der Waals surface area (Å²) in [6.45, 7) is 1.68. The van der Waals surface area contributed by atoms with Gasteiger partial charge in [-0.15, -0.1) is 0 Å². The highest BCUT2D eigenvalue weighted by Gasteiger charge is 2.04. The predicted molar refractivity (Wildman–Crippen MR) is 106 cm³/mol. The summed E-state index contributed by atoms with van der Waals surface area (Å²) in [6.07, 6.45) is 16.4. The van der Waals surface area contributed by atoms with Crippen LogP contribution in [0, 0.1) is 0 Å². The summed E-state index contributed by atoms with van der Waals surface area (Å²) in [7, 11) is 0. The molecule has 0 saturated heterocycles. The summed E-state index contributed by atoms with van der Waals surface area (Å²) in [4.78, 5) is 22.8.